The van der Waals surface area contributed by atoms with E-state index in [2.05, 4.69) is 20.8 Å². The van der Waals surface area contributed by atoms with Gasteiger partial charge in [0.05, 0.1) is 12.0 Å². The van der Waals surface area contributed by atoms with Crippen LogP contribution in [0.1, 0.15) is 10.4 Å². The summed E-state index contributed by atoms with van der Waals surface area (Å²) in [7, 11) is 0. The van der Waals surface area contributed by atoms with Crippen LogP contribution in [0.3, 0.4) is 0 Å². The van der Waals surface area contributed by atoms with E-state index in [0.29, 0.717) is 17.3 Å². The van der Waals surface area contributed by atoms with Crippen LogP contribution < -0.4 is 10.6 Å². The second kappa shape index (κ2) is 7.52. The summed E-state index contributed by atoms with van der Waals surface area (Å²) < 4.78 is 37.6. The number of halogens is 3. The standard InChI is InChI=1S/C17H13F3N4OS/c18-17(19,20)11-3-5-12(6-4-11)21-14-7-8-15(24-23-14)22-16(25)10-13-2-1-9-26-13/h1-9H,10H2,(H,21,23)(H,22,24,25). The van der Waals surface area contributed by atoms with Crippen LogP contribution in [0, 0.1) is 0 Å². The molecule has 5 nitrogen and oxygen atoms in total. The van der Waals surface area contributed by atoms with Gasteiger partial charge in [0.15, 0.2) is 11.6 Å². The summed E-state index contributed by atoms with van der Waals surface area (Å²) >= 11 is 1.49. The number of amides is 1. The highest BCUT2D eigenvalue weighted by atomic mass is 32.1. The van der Waals surface area contributed by atoms with Gasteiger partial charge in [-0.2, -0.15) is 13.2 Å². The van der Waals surface area contributed by atoms with Crippen molar-refractivity contribution in [2.75, 3.05) is 10.6 Å². The number of carbonyl (C=O) groups excluding carboxylic acids is 1. The molecule has 0 fully saturated rings. The van der Waals surface area contributed by atoms with Crippen LogP contribution in [0.4, 0.5) is 30.5 Å². The monoisotopic (exact) mass is 378 g/mol. The lowest BCUT2D eigenvalue weighted by atomic mass is 10.2. The van der Waals surface area contributed by atoms with E-state index in [4.69, 9.17) is 0 Å². The van der Waals surface area contributed by atoms with E-state index in [1.807, 2.05) is 17.5 Å². The molecule has 1 amide bonds. The molecule has 0 bridgehead atoms. The highest BCUT2D eigenvalue weighted by molar-refractivity contribution is 7.10. The van der Waals surface area contributed by atoms with Crippen LogP contribution in [0.25, 0.3) is 0 Å². The van der Waals surface area contributed by atoms with Gasteiger partial charge in [-0.15, -0.1) is 21.5 Å². The molecule has 1 aromatic carbocycles. The molecule has 3 aromatic rings. The first-order chi connectivity index (χ1) is 12.4. The Balaban J connectivity index is 1.58. The maximum atomic E-state index is 12.5. The van der Waals surface area contributed by atoms with Crippen LogP contribution in [0.15, 0.2) is 53.9 Å². The lowest BCUT2D eigenvalue weighted by Gasteiger charge is -2.09. The predicted molar refractivity (Wildman–Crippen MR) is 93.4 cm³/mol. The molecule has 2 aromatic heterocycles. The van der Waals surface area contributed by atoms with Crippen LogP contribution in [0.5, 0.6) is 0 Å². The van der Waals surface area contributed by atoms with E-state index >= 15 is 0 Å². The van der Waals surface area contributed by atoms with Gasteiger partial charge in [0, 0.05) is 10.6 Å². The van der Waals surface area contributed by atoms with Crippen molar-refractivity contribution in [1.82, 2.24) is 10.2 Å². The van der Waals surface area contributed by atoms with E-state index in [9.17, 15) is 18.0 Å². The smallest absolute Gasteiger partial charge is 0.339 e. The molecule has 0 aliphatic heterocycles. The molecule has 0 aliphatic carbocycles. The minimum absolute atomic E-state index is 0.204. The molecule has 0 unspecified atom stereocenters. The zero-order valence-corrected chi connectivity index (χ0v) is 14.1. The maximum absolute atomic E-state index is 12.5. The number of aromatic nitrogens is 2. The van der Waals surface area contributed by atoms with Crippen molar-refractivity contribution in [3.05, 3.63) is 64.4 Å². The Morgan fingerprint density at radius 1 is 1.00 bits per heavy atom. The number of hydrogen-bond acceptors (Lipinski definition) is 5. The zero-order chi connectivity index (χ0) is 18.6. The molecular weight excluding hydrogens is 365 g/mol. The number of nitrogens with one attached hydrogen (secondary N) is 2. The molecule has 0 aliphatic rings. The molecule has 2 heterocycles. The fraction of sp³-hybridized carbons (Fsp3) is 0.118. The summed E-state index contributed by atoms with van der Waals surface area (Å²) in [6, 6.07) is 11.4. The number of hydrogen-bond donors (Lipinski definition) is 2. The third-order valence-electron chi connectivity index (χ3n) is 3.33. The van der Waals surface area contributed by atoms with Crippen molar-refractivity contribution in [3.63, 3.8) is 0 Å². The summed E-state index contributed by atoms with van der Waals surface area (Å²) in [5.41, 5.74) is -0.278. The van der Waals surface area contributed by atoms with Crippen molar-refractivity contribution in [2.45, 2.75) is 12.6 Å². The summed E-state index contributed by atoms with van der Waals surface area (Å²) in [5.74, 6) is 0.440. The fourth-order valence-corrected chi connectivity index (χ4v) is 2.82. The molecule has 134 valence electrons. The minimum atomic E-state index is -4.37. The topological polar surface area (TPSA) is 66.9 Å². The van der Waals surface area contributed by atoms with E-state index in [-0.39, 0.29) is 12.3 Å². The van der Waals surface area contributed by atoms with Gasteiger partial charge in [0.25, 0.3) is 0 Å². The Hall–Kier alpha value is -2.94. The van der Waals surface area contributed by atoms with Crippen LogP contribution in [0.2, 0.25) is 0 Å². The van der Waals surface area contributed by atoms with Crippen molar-refractivity contribution >= 4 is 34.6 Å². The van der Waals surface area contributed by atoms with E-state index in [1.165, 1.54) is 23.5 Å². The number of alkyl halides is 3. The average molecular weight is 378 g/mol. The lowest BCUT2D eigenvalue weighted by Crippen LogP contribution is -2.15. The largest absolute Gasteiger partial charge is 0.416 e. The summed E-state index contributed by atoms with van der Waals surface area (Å²) in [6.07, 6.45) is -4.12. The second-order valence-electron chi connectivity index (χ2n) is 5.31. The first kappa shape index (κ1) is 17.9. The Morgan fingerprint density at radius 3 is 2.27 bits per heavy atom. The molecule has 0 saturated carbocycles. The average Bonchev–Trinajstić information content (AvgIpc) is 3.09. The van der Waals surface area contributed by atoms with Gasteiger partial charge >= 0.3 is 6.18 Å². The van der Waals surface area contributed by atoms with Gasteiger partial charge in [0.1, 0.15) is 0 Å². The fourth-order valence-electron chi connectivity index (χ4n) is 2.11. The second-order valence-corrected chi connectivity index (χ2v) is 6.34. The Labute approximate surface area is 150 Å². The van der Waals surface area contributed by atoms with E-state index < -0.39 is 11.7 Å². The normalized spacial score (nSPS) is 11.2. The molecule has 0 atom stereocenters. The lowest BCUT2D eigenvalue weighted by molar-refractivity contribution is -0.137. The summed E-state index contributed by atoms with van der Waals surface area (Å²) in [5, 5.41) is 15.2. The molecule has 0 spiro atoms. The molecular formula is C17H13F3N4OS. The predicted octanol–water partition coefficient (Wildman–Crippen LogP) is 4.48. The molecule has 3 rings (SSSR count). The highest BCUT2D eigenvalue weighted by Crippen LogP contribution is 2.30. The SMILES string of the molecule is O=C(Cc1cccs1)Nc1ccc(Nc2ccc(C(F)(F)F)cc2)nn1. The Kier molecular flexibility index (Phi) is 5.17. The van der Waals surface area contributed by atoms with Crippen molar-refractivity contribution in [2.24, 2.45) is 0 Å². The Bertz CT molecular complexity index is 863. The van der Waals surface area contributed by atoms with Crippen LogP contribution >= 0.6 is 11.3 Å². The van der Waals surface area contributed by atoms with Gasteiger partial charge in [-0.25, -0.2) is 0 Å². The molecule has 0 saturated heterocycles. The van der Waals surface area contributed by atoms with Crippen LogP contribution in [-0.2, 0) is 17.4 Å². The first-order valence-corrected chi connectivity index (χ1v) is 8.38. The quantitative estimate of drug-likeness (QED) is 0.687. The van der Waals surface area contributed by atoms with Gasteiger partial charge in [-0.05, 0) is 47.8 Å². The third kappa shape index (κ3) is 4.79. The van der Waals surface area contributed by atoms with E-state index in [1.54, 1.807) is 12.1 Å². The Morgan fingerprint density at radius 2 is 1.69 bits per heavy atom. The maximum Gasteiger partial charge on any atom is 0.416 e. The molecule has 0 radical (unpaired) electrons. The summed E-state index contributed by atoms with van der Waals surface area (Å²) in [4.78, 5) is 12.8. The number of carbonyl (C=O) groups is 1. The number of thiophene rings is 1. The van der Waals surface area contributed by atoms with Gasteiger partial charge in [-0.3, -0.25) is 4.79 Å². The number of anilines is 3. The van der Waals surface area contributed by atoms with Crippen molar-refractivity contribution in [3.8, 4) is 0 Å². The minimum Gasteiger partial charge on any atom is -0.339 e. The zero-order valence-electron chi connectivity index (χ0n) is 13.2. The first-order valence-electron chi connectivity index (χ1n) is 7.50. The van der Waals surface area contributed by atoms with Gasteiger partial charge in [0.2, 0.25) is 5.91 Å². The number of nitrogens with zero attached hydrogens (tertiary/aromatic N) is 2. The van der Waals surface area contributed by atoms with Gasteiger partial charge < -0.3 is 10.6 Å². The van der Waals surface area contributed by atoms with Crippen LogP contribution in [-0.4, -0.2) is 16.1 Å². The van der Waals surface area contributed by atoms with Crippen molar-refractivity contribution in [1.29, 1.82) is 0 Å². The molecule has 2 N–H and O–H groups in total. The van der Waals surface area contributed by atoms with Crippen molar-refractivity contribution < 1.29 is 18.0 Å². The van der Waals surface area contributed by atoms with Gasteiger partial charge in [-0.1, -0.05) is 6.07 Å². The molecule has 9 heteroatoms. The number of rotatable bonds is 5. The summed E-state index contributed by atoms with van der Waals surface area (Å²) in [6.45, 7) is 0. The highest BCUT2D eigenvalue weighted by Gasteiger charge is 2.29. The van der Waals surface area contributed by atoms with E-state index in [0.717, 1.165) is 17.0 Å². The molecule has 26 heavy (non-hydrogen) atoms. The number of benzene rings is 1. The third-order valence-corrected chi connectivity index (χ3v) is 4.21.